The van der Waals surface area contributed by atoms with Gasteiger partial charge in [-0.15, -0.1) is 0 Å². The molecule has 0 atom stereocenters. The van der Waals surface area contributed by atoms with Gasteiger partial charge in [0.1, 0.15) is 0 Å². The van der Waals surface area contributed by atoms with Crippen molar-refractivity contribution in [2.45, 2.75) is 38.6 Å². The normalized spacial score (nSPS) is 14.4. The van der Waals surface area contributed by atoms with Crippen molar-refractivity contribution in [1.82, 2.24) is 15.3 Å². The lowest BCUT2D eigenvalue weighted by molar-refractivity contribution is 0.0936. The molecule has 6 heteroatoms. The third-order valence-electron chi connectivity index (χ3n) is 4.15. The summed E-state index contributed by atoms with van der Waals surface area (Å²) in [4.78, 5) is 31.7. The largest absolute Gasteiger partial charge is 0.349 e. The predicted molar refractivity (Wildman–Crippen MR) is 91.5 cm³/mol. The molecule has 1 saturated carbocycles. The number of rotatable bonds is 5. The van der Waals surface area contributed by atoms with Gasteiger partial charge in [-0.1, -0.05) is 12.8 Å². The molecule has 0 aliphatic heterocycles. The van der Waals surface area contributed by atoms with Crippen molar-refractivity contribution in [2.75, 3.05) is 5.32 Å². The lowest BCUT2D eigenvalue weighted by Crippen LogP contribution is -2.32. The molecule has 124 valence electrons. The Morgan fingerprint density at radius 1 is 1.00 bits per heavy atom. The fourth-order valence-electron chi connectivity index (χ4n) is 2.77. The topological polar surface area (TPSA) is 84.0 Å². The zero-order valence-electron chi connectivity index (χ0n) is 13.6. The van der Waals surface area contributed by atoms with Gasteiger partial charge in [0.25, 0.3) is 5.91 Å². The fraction of sp³-hybridized carbons (Fsp3) is 0.333. The van der Waals surface area contributed by atoms with Crippen LogP contribution in [0, 0.1) is 0 Å². The molecule has 1 fully saturated rings. The van der Waals surface area contributed by atoms with Gasteiger partial charge < -0.3 is 10.6 Å². The van der Waals surface area contributed by atoms with E-state index in [1.165, 1.54) is 32.2 Å². The first-order valence-corrected chi connectivity index (χ1v) is 8.13. The van der Waals surface area contributed by atoms with Gasteiger partial charge in [-0.05, 0) is 44.0 Å². The molecule has 2 aromatic rings. The number of nitrogens with one attached hydrogen (secondary N) is 2. The van der Waals surface area contributed by atoms with Crippen molar-refractivity contribution in [3.05, 3.63) is 47.8 Å². The average molecular weight is 324 g/mol. The van der Waals surface area contributed by atoms with Gasteiger partial charge in [-0.3, -0.25) is 9.59 Å². The summed E-state index contributed by atoms with van der Waals surface area (Å²) in [5, 5.41) is 6.05. The summed E-state index contributed by atoms with van der Waals surface area (Å²) in [5.41, 5.74) is 1.89. The lowest BCUT2D eigenvalue weighted by atomic mass is 10.1. The summed E-state index contributed by atoms with van der Waals surface area (Å²) in [6.07, 6.45) is 7.47. The van der Waals surface area contributed by atoms with Crippen LogP contribution in [0.25, 0.3) is 0 Å². The highest BCUT2D eigenvalue weighted by molar-refractivity contribution is 5.94. The molecule has 1 heterocycles. The highest BCUT2D eigenvalue weighted by atomic mass is 16.1. The molecule has 0 unspecified atom stereocenters. The van der Waals surface area contributed by atoms with Crippen LogP contribution in [0.2, 0.25) is 0 Å². The number of hydrogen-bond acceptors (Lipinski definition) is 5. The van der Waals surface area contributed by atoms with Crippen molar-refractivity contribution in [2.24, 2.45) is 0 Å². The number of carbonyl (C=O) groups is 2. The number of Topliss-reactive ketones (excluding diaryl/α,β-unsaturated/α-hetero) is 1. The van der Waals surface area contributed by atoms with Crippen molar-refractivity contribution < 1.29 is 9.59 Å². The van der Waals surface area contributed by atoms with E-state index in [0.717, 1.165) is 18.5 Å². The summed E-state index contributed by atoms with van der Waals surface area (Å²) >= 11 is 0. The summed E-state index contributed by atoms with van der Waals surface area (Å²) in [7, 11) is 0. The quantitative estimate of drug-likeness (QED) is 0.826. The molecule has 1 aliphatic rings. The second-order valence-corrected chi connectivity index (χ2v) is 6.01. The van der Waals surface area contributed by atoms with Crippen LogP contribution in [0.15, 0.2) is 36.7 Å². The summed E-state index contributed by atoms with van der Waals surface area (Å²) in [6, 6.07) is 7.35. The fourth-order valence-corrected chi connectivity index (χ4v) is 2.77. The third kappa shape index (κ3) is 3.95. The maximum absolute atomic E-state index is 12.1. The minimum atomic E-state index is -0.126. The Labute approximate surface area is 140 Å². The van der Waals surface area contributed by atoms with Gasteiger partial charge in [-0.25, -0.2) is 9.97 Å². The van der Waals surface area contributed by atoms with Crippen LogP contribution >= 0.6 is 0 Å². The number of anilines is 2. The molecule has 1 aromatic carbocycles. The monoisotopic (exact) mass is 324 g/mol. The summed E-state index contributed by atoms with van der Waals surface area (Å²) in [6.45, 7) is 1.53. The first-order valence-electron chi connectivity index (χ1n) is 8.13. The molecule has 0 spiro atoms. The van der Waals surface area contributed by atoms with Crippen molar-refractivity contribution in [1.29, 1.82) is 0 Å². The summed E-state index contributed by atoms with van der Waals surface area (Å²) in [5.74, 6) is 0.303. The van der Waals surface area contributed by atoms with E-state index >= 15 is 0 Å². The van der Waals surface area contributed by atoms with Crippen LogP contribution in [0.3, 0.4) is 0 Å². The standard InChI is InChI=1S/C18H20N4O2/c1-12(23)13-6-8-16(9-7-13)22-18-19-10-14(11-20-18)17(24)21-15-4-2-3-5-15/h6-11,15H,2-5H2,1H3,(H,21,24)(H,19,20,22). The maximum atomic E-state index is 12.1. The van der Waals surface area contributed by atoms with E-state index in [4.69, 9.17) is 0 Å². The lowest BCUT2D eigenvalue weighted by Gasteiger charge is -2.11. The molecule has 0 saturated heterocycles. The molecule has 3 rings (SSSR count). The number of benzene rings is 1. The Morgan fingerprint density at radius 3 is 2.21 bits per heavy atom. The molecule has 1 amide bonds. The van der Waals surface area contributed by atoms with E-state index in [1.807, 2.05) is 0 Å². The molecule has 0 radical (unpaired) electrons. The van der Waals surface area contributed by atoms with Crippen LogP contribution in [0.4, 0.5) is 11.6 Å². The van der Waals surface area contributed by atoms with Crippen molar-refractivity contribution >= 4 is 23.3 Å². The Hall–Kier alpha value is -2.76. The molecule has 6 nitrogen and oxygen atoms in total. The third-order valence-corrected chi connectivity index (χ3v) is 4.15. The zero-order chi connectivity index (χ0) is 16.9. The second kappa shape index (κ2) is 7.21. The van der Waals surface area contributed by atoms with Crippen LogP contribution in [0.1, 0.15) is 53.3 Å². The summed E-state index contributed by atoms with van der Waals surface area (Å²) < 4.78 is 0. The smallest absolute Gasteiger partial charge is 0.254 e. The van der Waals surface area contributed by atoms with E-state index in [0.29, 0.717) is 17.1 Å². The first-order chi connectivity index (χ1) is 11.6. The number of aromatic nitrogens is 2. The van der Waals surface area contributed by atoms with Gasteiger partial charge in [0.05, 0.1) is 5.56 Å². The maximum Gasteiger partial charge on any atom is 0.254 e. The van der Waals surface area contributed by atoms with E-state index < -0.39 is 0 Å². The Balaban J connectivity index is 1.61. The van der Waals surface area contributed by atoms with Crippen LogP contribution in [-0.2, 0) is 0 Å². The SMILES string of the molecule is CC(=O)c1ccc(Nc2ncc(C(=O)NC3CCCC3)cn2)cc1. The van der Waals surface area contributed by atoms with E-state index in [1.54, 1.807) is 24.3 Å². The van der Waals surface area contributed by atoms with E-state index in [2.05, 4.69) is 20.6 Å². The van der Waals surface area contributed by atoms with Gasteiger partial charge in [0.15, 0.2) is 5.78 Å². The first kappa shape index (κ1) is 16.1. The molecular weight excluding hydrogens is 304 g/mol. The molecule has 1 aliphatic carbocycles. The number of carbonyl (C=O) groups excluding carboxylic acids is 2. The minimum Gasteiger partial charge on any atom is -0.349 e. The Bertz CT molecular complexity index is 720. The molecular formula is C18H20N4O2. The molecule has 0 bridgehead atoms. The van der Waals surface area contributed by atoms with Gasteiger partial charge in [-0.2, -0.15) is 0 Å². The van der Waals surface area contributed by atoms with Crippen molar-refractivity contribution in [3.8, 4) is 0 Å². The van der Waals surface area contributed by atoms with Gasteiger partial charge >= 0.3 is 0 Å². The molecule has 1 aromatic heterocycles. The number of nitrogens with zero attached hydrogens (tertiary/aromatic N) is 2. The van der Waals surface area contributed by atoms with Gasteiger partial charge in [0.2, 0.25) is 5.95 Å². The van der Waals surface area contributed by atoms with Crippen molar-refractivity contribution in [3.63, 3.8) is 0 Å². The van der Waals surface area contributed by atoms with Crippen LogP contribution in [-0.4, -0.2) is 27.7 Å². The molecule has 2 N–H and O–H groups in total. The molecule has 24 heavy (non-hydrogen) atoms. The van der Waals surface area contributed by atoms with E-state index in [9.17, 15) is 9.59 Å². The second-order valence-electron chi connectivity index (χ2n) is 6.01. The number of amides is 1. The Kier molecular flexibility index (Phi) is 4.84. The van der Waals surface area contributed by atoms with Gasteiger partial charge in [0, 0.05) is 29.7 Å². The Morgan fingerprint density at radius 2 is 1.62 bits per heavy atom. The highest BCUT2D eigenvalue weighted by Gasteiger charge is 2.18. The minimum absolute atomic E-state index is 0.0235. The average Bonchev–Trinajstić information content (AvgIpc) is 3.09. The van der Waals surface area contributed by atoms with E-state index in [-0.39, 0.29) is 17.7 Å². The van der Waals surface area contributed by atoms with Crippen LogP contribution < -0.4 is 10.6 Å². The predicted octanol–water partition coefficient (Wildman–Crippen LogP) is 3.10. The number of ketones is 1. The van der Waals surface area contributed by atoms with Crippen LogP contribution in [0.5, 0.6) is 0 Å². The highest BCUT2D eigenvalue weighted by Crippen LogP contribution is 2.18. The zero-order valence-corrected chi connectivity index (χ0v) is 13.6. The number of hydrogen-bond donors (Lipinski definition) is 2.